The molecule has 80 valence electrons. The van der Waals surface area contributed by atoms with E-state index < -0.39 is 0 Å². The molecule has 0 aliphatic carbocycles. The van der Waals surface area contributed by atoms with Crippen molar-refractivity contribution in [2.45, 2.75) is 46.1 Å². The third kappa shape index (κ3) is 9.04. The summed E-state index contributed by atoms with van der Waals surface area (Å²) in [6.07, 6.45) is 10.5. The van der Waals surface area contributed by atoms with E-state index in [0.717, 1.165) is 6.42 Å². The highest BCUT2D eigenvalue weighted by atomic mass is 16.5. The molecule has 0 aliphatic heterocycles. The minimum atomic E-state index is -0.278. The predicted molar refractivity (Wildman–Crippen MR) is 59.0 cm³/mol. The Labute approximate surface area is 86.6 Å². The van der Waals surface area contributed by atoms with E-state index in [1.807, 2.05) is 19.9 Å². The van der Waals surface area contributed by atoms with Gasteiger partial charge in [0.05, 0.1) is 6.10 Å². The van der Waals surface area contributed by atoms with Crippen LogP contribution < -0.4 is 0 Å². The van der Waals surface area contributed by atoms with Crippen molar-refractivity contribution >= 4 is 5.97 Å². The molecule has 0 saturated carbocycles. The first-order valence-electron chi connectivity index (χ1n) is 5.20. The third-order valence-corrected chi connectivity index (χ3v) is 1.56. The van der Waals surface area contributed by atoms with Crippen LogP contribution >= 0.6 is 0 Å². The Bertz CT molecular complexity index is 202. The summed E-state index contributed by atoms with van der Waals surface area (Å²) in [5.41, 5.74) is 0. The predicted octanol–water partition coefficient (Wildman–Crippen LogP) is 3.24. The normalized spacial score (nSPS) is 11.7. The molecule has 0 heterocycles. The van der Waals surface area contributed by atoms with Crippen LogP contribution in [-0.4, -0.2) is 12.1 Å². The van der Waals surface area contributed by atoms with Gasteiger partial charge in [0, 0.05) is 6.08 Å². The van der Waals surface area contributed by atoms with Gasteiger partial charge in [-0.15, -0.1) is 0 Å². The van der Waals surface area contributed by atoms with E-state index in [1.54, 1.807) is 6.08 Å². The van der Waals surface area contributed by atoms with Crippen molar-refractivity contribution in [2.24, 2.45) is 0 Å². The lowest BCUT2D eigenvalue weighted by molar-refractivity contribution is -0.141. The quantitative estimate of drug-likeness (QED) is 0.282. The Morgan fingerprint density at radius 3 is 2.64 bits per heavy atom. The van der Waals surface area contributed by atoms with Gasteiger partial charge >= 0.3 is 5.97 Å². The molecule has 0 rings (SSSR count). The second-order valence-electron chi connectivity index (χ2n) is 3.42. The fourth-order valence-corrected chi connectivity index (χ4v) is 0.902. The standard InChI is InChI=1S/C12H20O2/c1-4-5-6-7-8-9-10-12(13)14-11(2)3/h7-11H,4-6H2,1-3H3/b8-7+,10-9+. The molecule has 2 nitrogen and oxygen atoms in total. The van der Waals surface area contributed by atoms with Crippen molar-refractivity contribution in [2.75, 3.05) is 0 Å². The molecule has 0 aromatic heterocycles. The van der Waals surface area contributed by atoms with Crippen LogP contribution in [-0.2, 0) is 9.53 Å². The average Bonchev–Trinajstić information content (AvgIpc) is 2.10. The molecule has 0 radical (unpaired) electrons. The van der Waals surface area contributed by atoms with Crippen molar-refractivity contribution in [3.05, 3.63) is 24.3 Å². The summed E-state index contributed by atoms with van der Waals surface area (Å²) < 4.78 is 4.92. The summed E-state index contributed by atoms with van der Waals surface area (Å²) in [6, 6.07) is 0. The van der Waals surface area contributed by atoms with E-state index in [0.29, 0.717) is 0 Å². The largest absolute Gasteiger partial charge is 0.460 e. The molecule has 0 amide bonds. The average molecular weight is 196 g/mol. The van der Waals surface area contributed by atoms with Crippen molar-refractivity contribution in [1.82, 2.24) is 0 Å². The number of esters is 1. The van der Waals surface area contributed by atoms with Crippen LogP contribution in [0.2, 0.25) is 0 Å². The van der Waals surface area contributed by atoms with Crippen molar-refractivity contribution in [3.8, 4) is 0 Å². The molecule has 0 unspecified atom stereocenters. The SMILES string of the molecule is CCCC/C=C/C=C/C(=O)OC(C)C. The number of unbranched alkanes of at least 4 members (excludes halogenated alkanes) is 2. The lowest BCUT2D eigenvalue weighted by Crippen LogP contribution is -2.08. The molecule has 0 aromatic rings. The maximum absolute atomic E-state index is 11.0. The third-order valence-electron chi connectivity index (χ3n) is 1.56. The number of hydrogen-bond acceptors (Lipinski definition) is 2. The topological polar surface area (TPSA) is 26.3 Å². The molecule has 0 aliphatic rings. The van der Waals surface area contributed by atoms with Gasteiger partial charge in [-0.2, -0.15) is 0 Å². The minimum Gasteiger partial charge on any atom is -0.460 e. The Hall–Kier alpha value is -1.05. The van der Waals surface area contributed by atoms with E-state index in [1.165, 1.54) is 18.9 Å². The maximum atomic E-state index is 11.0. The summed E-state index contributed by atoms with van der Waals surface area (Å²) in [5.74, 6) is -0.278. The number of ether oxygens (including phenoxy) is 1. The van der Waals surface area contributed by atoms with E-state index >= 15 is 0 Å². The summed E-state index contributed by atoms with van der Waals surface area (Å²) in [7, 11) is 0. The van der Waals surface area contributed by atoms with Gasteiger partial charge in [0.2, 0.25) is 0 Å². The molecule has 0 fully saturated rings. The molecular weight excluding hydrogens is 176 g/mol. The lowest BCUT2D eigenvalue weighted by Gasteiger charge is -2.03. The van der Waals surface area contributed by atoms with Crippen LogP contribution in [0.4, 0.5) is 0 Å². The minimum absolute atomic E-state index is 0.0452. The summed E-state index contributed by atoms with van der Waals surface area (Å²) in [6.45, 7) is 5.83. The number of carbonyl (C=O) groups excluding carboxylic acids is 1. The number of rotatable bonds is 6. The van der Waals surface area contributed by atoms with Gasteiger partial charge in [-0.05, 0) is 20.3 Å². The molecule has 0 aromatic carbocycles. The second-order valence-corrected chi connectivity index (χ2v) is 3.42. The van der Waals surface area contributed by atoms with Gasteiger partial charge in [-0.25, -0.2) is 4.79 Å². The number of allylic oxidation sites excluding steroid dienone is 3. The highest BCUT2D eigenvalue weighted by molar-refractivity contribution is 5.82. The van der Waals surface area contributed by atoms with E-state index in [2.05, 4.69) is 13.0 Å². The van der Waals surface area contributed by atoms with Gasteiger partial charge in [0.25, 0.3) is 0 Å². The molecule has 0 bridgehead atoms. The van der Waals surface area contributed by atoms with Crippen molar-refractivity contribution in [3.63, 3.8) is 0 Å². The smallest absolute Gasteiger partial charge is 0.330 e. The van der Waals surface area contributed by atoms with E-state index in [9.17, 15) is 4.79 Å². The van der Waals surface area contributed by atoms with E-state index in [4.69, 9.17) is 4.74 Å². The van der Waals surface area contributed by atoms with Crippen LogP contribution in [0.1, 0.15) is 40.0 Å². The Kier molecular flexibility index (Phi) is 7.90. The van der Waals surface area contributed by atoms with E-state index in [-0.39, 0.29) is 12.1 Å². The number of carbonyl (C=O) groups is 1. The zero-order valence-corrected chi connectivity index (χ0v) is 9.32. The van der Waals surface area contributed by atoms with Crippen molar-refractivity contribution in [1.29, 1.82) is 0 Å². The highest BCUT2D eigenvalue weighted by Gasteiger charge is 1.97. The monoisotopic (exact) mass is 196 g/mol. The van der Waals surface area contributed by atoms with Crippen LogP contribution in [0, 0.1) is 0 Å². The fraction of sp³-hybridized carbons (Fsp3) is 0.583. The molecule has 2 heteroatoms. The summed E-state index contributed by atoms with van der Waals surface area (Å²) in [5, 5.41) is 0. The lowest BCUT2D eigenvalue weighted by atomic mass is 10.2. The summed E-state index contributed by atoms with van der Waals surface area (Å²) >= 11 is 0. The molecule has 0 saturated heterocycles. The van der Waals surface area contributed by atoms with Crippen LogP contribution in [0.5, 0.6) is 0 Å². The molecule has 0 atom stereocenters. The first-order valence-corrected chi connectivity index (χ1v) is 5.20. The van der Waals surface area contributed by atoms with Crippen LogP contribution in [0.3, 0.4) is 0 Å². The van der Waals surface area contributed by atoms with Crippen LogP contribution in [0.15, 0.2) is 24.3 Å². The molecule has 0 spiro atoms. The van der Waals surface area contributed by atoms with Gasteiger partial charge in [-0.3, -0.25) is 0 Å². The summed E-state index contributed by atoms with van der Waals surface area (Å²) in [4.78, 5) is 11.0. The highest BCUT2D eigenvalue weighted by Crippen LogP contribution is 1.95. The Balaban J connectivity index is 3.60. The molecular formula is C12H20O2. The van der Waals surface area contributed by atoms with Gasteiger partial charge in [0.15, 0.2) is 0 Å². The first-order chi connectivity index (χ1) is 6.66. The fourth-order valence-electron chi connectivity index (χ4n) is 0.902. The zero-order valence-electron chi connectivity index (χ0n) is 9.32. The van der Waals surface area contributed by atoms with Crippen molar-refractivity contribution < 1.29 is 9.53 Å². The Morgan fingerprint density at radius 1 is 1.36 bits per heavy atom. The zero-order chi connectivity index (χ0) is 10.8. The molecule has 14 heavy (non-hydrogen) atoms. The number of hydrogen-bond donors (Lipinski definition) is 0. The molecule has 0 N–H and O–H groups in total. The second kappa shape index (κ2) is 8.54. The van der Waals surface area contributed by atoms with Crippen LogP contribution in [0.25, 0.3) is 0 Å². The Morgan fingerprint density at radius 2 is 2.07 bits per heavy atom. The van der Waals surface area contributed by atoms with Gasteiger partial charge in [-0.1, -0.05) is 38.0 Å². The maximum Gasteiger partial charge on any atom is 0.330 e. The first kappa shape index (κ1) is 12.9. The van der Waals surface area contributed by atoms with Gasteiger partial charge < -0.3 is 4.74 Å². The van der Waals surface area contributed by atoms with Gasteiger partial charge in [0.1, 0.15) is 0 Å².